The summed E-state index contributed by atoms with van der Waals surface area (Å²) in [6, 6.07) is 15.0. The Morgan fingerprint density at radius 2 is 1.52 bits per heavy atom. The highest BCUT2D eigenvalue weighted by Crippen LogP contribution is 2.41. The summed E-state index contributed by atoms with van der Waals surface area (Å²) in [4.78, 5) is 27.5. The molecule has 1 aliphatic carbocycles. The van der Waals surface area contributed by atoms with Gasteiger partial charge in [0, 0.05) is 13.1 Å². The topological polar surface area (TPSA) is 79.9 Å². The number of para-hydroxylation sites is 4. The van der Waals surface area contributed by atoms with Crippen LogP contribution in [0.5, 0.6) is 5.75 Å². The van der Waals surface area contributed by atoms with Crippen molar-refractivity contribution in [2.24, 2.45) is 11.8 Å². The summed E-state index contributed by atoms with van der Waals surface area (Å²) in [5.74, 6) is -0.318. The van der Waals surface area contributed by atoms with Crippen molar-refractivity contribution in [3.8, 4) is 5.75 Å². The van der Waals surface area contributed by atoms with Crippen molar-refractivity contribution in [1.82, 2.24) is 0 Å². The van der Waals surface area contributed by atoms with Crippen LogP contribution in [0.25, 0.3) is 0 Å². The predicted octanol–water partition coefficient (Wildman–Crippen LogP) is 2.75. The lowest BCUT2D eigenvalue weighted by Crippen LogP contribution is -2.36. The molecule has 2 fully saturated rings. The maximum Gasteiger partial charge on any atom is 0.228 e. The molecule has 152 valence electrons. The third-order valence-electron chi connectivity index (χ3n) is 5.34. The predicted molar refractivity (Wildman–Crippen MR) is 111 cm³/mol. The SMILES string of the molecule is COc1ccccc1NC(=O)C1CC1C(=O)Nc1ccccc1N1CCOCC1. The summed E-state index contributed by atoms with van der Waals surface area (Å²) in [5.41, 5.74) is 2.37. The summed E-state index contributed by atoms with van der Waals surface area (Å²) < 4.78 is 10.7. The van der Waals surface area contributed by atoms with Crippen LogP contribution < -0.4 is 20.3 Å². The molecule has 1 heterocycles. The number of ether oxygens (including phenoxy) is 2. The van der Waals surface area contributed by atoms with Gasteiger partial charge in [0.25, 0.3) is 0 Å². The van der Waals surface area contributed by atoms with E-state index in [1.807, 2.05) is 36.4 Å². The molecule has 2 aliphatic rings. The number of amides is 2. The molecule has 0 radical (unpaired) electrons. The van der Waals surface area contributed by atoms with E-state index in [-0.39, 0.29) is 23.7 Å². The zero-order valence-electron chi connectivity index (χ0n) is 16.4. The van der Waals surface area contributed by atoms with Crippen LogP contribution in [0.2, 0.25) is 0 Å². The van der Waals surface area contributed by atoms with Gasteiger partial charge in [-0.05, 0) is 30.7 Å². The molecule has 2 unspecified atom stereocenters. The van der Waals surface area contributed by atoms with Crippen molar-refractivity contribution >= 4 is 28.9 Å². The molecule has 1 saturated carbocycles. The zero-order valence-corrected chi connectivity index (χ0v) is 16.4. The van der Waals surface area contributed by atoms with Gasteiger partial charge in [-0.15, -0.1) is 0 Å². The number of nitrogens with one attached hydrogen (secondary N) is 2. The quantitative estimate of drug-likeness (QED) is 0.786. The lowest BCUT2D eigenvalue weighted by Gasteiger charge is -2.30. The van der Waals surface area contributed by atoms with Crippen LogP contribution >= 0.6 is 0 Å². The van der Waals surface area contributed by atoms with Crippen LogP contribution in [0.3, 0.4) is 0 Å². The average Bonchev–Trinajstić information content (AvgIpc) is 3.56. The fraction of sp³-hybridized carbons (Fsp3) is 0.364. The van der Waals surface area contributed by atoms with Gasteiger partial charge in [0.1, 0.15) is 5.75 Å². The molecule has 2 atom stereocenters. The number of carbonyl (C=O) groups excluding carboxylic acids is 2. The molecule has 1 saturated heterocycles. The molecule has 1 aliphatic heterocycles. The van der Waals surface area contributed by atoms with Crippen LogP contribution in [0.4, 0.5) is 17.1 Å². The fourth-order valence-electron chi connectivity index (χ4n) is 3.63. The molecule has 7 nitrogen and oxygen atoms in total. The molecular formula is C22H25N3O4. The highest BCUT2D eigenvalue weighted by molar-refractivity contribution is 6.04. The minimum absolute atomic E-state index is 0.120. The third kappa shape index (κ3) is 4.35. The van der Waals surface area contributed by atoms with E-state index in [0.29, 0.717) is 31.1 Å². The first-order chi connectivity index (χ1) is 14.2. The van der Waals surface area contributed by atoms with Crippen molar-refractivity contribution in [2.45, 2.75) is 6.42 Å². The minimum atomic E-state index is -0.324. The fourth-order valence-corrected chi connectivity index (χ4v) is 3.63. The number of rotatable bonds is 6. The molecule has 2 aromatic carbocycles. The second kappa shape index (κ2) is 8.53. The van der Waals surface area contributed by atoms with Gasteiger partial charge in [0.05, 0.1) is 49.2 Å². The van der Waals surface area contributed by atoms with E-state index >= 15 is 0 Å². The summed E-state index contributed by atoms with van der Waals surface area (Å²) >= 11 is 0. The molecule has 0 aromatic heterocycles. The molecular weight excluding hydrogens is 370 g/mol. The molecule has 29 heavy (non-hydrogen) atoms. The average molecular weight is 395 g/mol. The van der Waals surface area contributed by atoms with Gasteiger partial charge in [-0.25, -0.2) is 0 Å². The normalized spacial score (nSPS) is 20.7. The largest absolute Gasteiger partial charge is 0.495 e. The van der Waals surface area contributed by atoms with Crippen LogP contribution in [0.15, 0.2) is 48.5 Å². The molecule has 2 amide bonds. The van der Waals surface area contributed by atoms with E-state index < -0.39 is 0 Å². The van der Waals surface area contributed by atoms with E-state index in [9.17, 15) is 9.59 Å². The Kier molecular flexibility index (Phi) is 5.67. The number of carbonyl (C=O) groups is 2. The third-order valence-corrected chi connectivity index (χ3v) is 5.34. The van der Waals surface area contributed by atoms with Crippen LogP contribution in [-0.2, 0) is 14.3 Å². The van der Waals surface area contributed by atoms with Crippen LogP contribution in [0, 0.1) is 11.8 Å². The number of anilines is 3. The lowest BCUT2D eigenvalue weighted by molar-refractivity contribution is -0.122. The van der Waals surface area contributed by atoms with Gasteiger partial charge in [-0.2, -0.15) is 0 Å². The zero-order chi connectivity index (χ0) is 20.2. The Balaban J connectivity index is 1.38. The summed E-state index contributed by atoms with van der Waals surface area (Å²) in [6.07, 6.45) is 0.548. The summed E-state index contributed by atoms with van der Waals surface area (Å²) in [6.45, 7) is 2.94. The van der Waals surface area contributed by atoms with Gasteiger partial charge in [-0.1, -0.05) is 24.3 Å². The van der Waals surface area contributed by atoms with Gasteiger partial charge >= 0.3 is 0 Å². The summed E-state index contributed by atoms with van der Waals surface area (Å²) in [5, 5.41) is 5.88. The summed E-state index contributed by atoms with van der Waals surface area (Å²) in [7, 11) is 1.56. The number of hydrogen-bond donors (Lipinski definition) is 2. The maximum atomic E-state index is 12.7. The highest BCUT2D eigenvalue weighted by atomic mass is 16.5. The molecule has 7 heteroatoms. The first-order valence-corrected chi connectivity index (χ1v) is 9.84. The van der Waals surface area contributed by atoms with E-state index in [4.69, 9.17) is 9.47 Å². The molecule has 0 bridgehead atoms. The minimum Gasteiger partial charge on any atom is -0.495 e. The Hall–Kier alpha value is -3.06. The monoisotopic (exact) mass is 395 g/mol. The van der Waals surface area contributed by atoms with Crippen molar-refractivity contribution in [3.63, 3.8) is 0 Å². The van der Waals surface area contributed by atoms with E-state index in [2.05, 4.69) is 15.5 Å². The van der Waals surface area contributed by atoms with Crippen molar-refractivity contribution in [1.29, 1.82) is 0 Å². The number of benzene rings is 2. The van der Waals surface area contributed by atoms with Crippen LogP contribution in [-0.4, -0.2) is 45.2 Å². The number of methoxy groups -OCH3 is 1. The van der Waals surface area contributed by atoms with Crippen molar-refractivity contribution < 1.29 is 19.1 Å². The lowest BCUT2D eigenvalue weighted by atomic mass is 10.2. The van der Waals surface area contributed by atoms with E-state index in [0.717, 1.165) is 24.5 Å². The number of morpholine rings is 1. The first-order valence-electron chi connectivity index (χ1n) is 9.84. The van der Waals surface area contributed by atoms with Crippen molar-refractivity contribution in [2.75, 3.05) is 48.9 Å². The van der Waals surface area contributed by atoms with Gasteiger partial charge < -0.3 is 25.0 Å². The molecule has 2 N–H and O–H groups in total. The Morgan fingerprint density at radius 3 is 2.21 bits per heavy atom. The van der Waals surface area contributed by atoms with Gasteiger partial charge in [-0.3, -0.25) is 9.59 Å². The molecule has 2 aromatic rings. The van der Waals surface area contributed by atoms with Gasteiger partial charge in [0.15, 0.2) is 0 Å². The Bertz CT molecular complexity index is 895. The second-order valence-corrected chi connectivity index (χ2v) is 7.24. The van der Waals surface area contributed by atoms with Gasteiger partial charge in [0.2, 0.25) is 11.8 Å². The Morgan fingerprint density at radius 1 is 0.931 bits per heavy atom. The molecule has 4 rings (SSSR count). The maximum absolute atomic E-state index is 12.7. The standard InChI is InChI=1S/C22H25N3O4/c1-28-20-9-5-3-7-18(20)24-22(27)16-14-15(16)21(26)23-17-6-2-4-8-19(17)25-10-12-29-13-11-25/h2-9,15-16H,10-14H2,1H3,(H,23,26)(H,24,27). The molecule has 0 spiro atoms. The number of hydrogen-bond acceptors (Lipinski definition) is 5. The van der Waals surface area contributed by atoms with E-state index in [1.54, 1.807) is 19.2 Å². The van der Waals surface area contributed by atoms with E-state index in [1.165, 1.54) is 0 Å². The second-order valence-electron chi connectivity index (χ2n) is 7.24. The van der Waals surface area contributed by atoms with Crippen molar-refractivity contribution in [3.05, 3.63) is 48.5 Å². The smallest absolute Gasteiger partial charge is 0.228 e. The highest BCUT2D eigenvalue weighted by Gasteiger charge is 2.48. The van der Waals surface area contributed by atoms with Crippen LogP contribution in [0.1, 0.15) is 6.42 Å². The number of nitrogens with zero attached hydrogens (tertiary/aromatic N) is 1. The first kappa shape index (κ1) is 19.3. The Labute approximate surface area is 170 Å².